The summed E-state index contributed by atoms with van der Waals surface area (Å²) in [6.45, 7) is 6.05. The zero-order chi connectivity index (χ0) is 25.0. The molecule has 0 radical (unpaired) electrons. The van der Waals surface area contributed by atoms with Crippen LogP contribution in [-0.4, -0.2) is 44.0 Å². The van der Waals surface area contributed by atoms with E-state index in [0.29, 0.717) is 5.56 Å². The Morgan fingerprint density at radius 2 is 1.58 bits per heavy atom. The molecule has 4 nitrogen and oxygen atoms in total. The molecule has 1 N–H and O–H groups in total. The first kappa shape index (κ1) is 27.1. The van der Waals surface area contributed by atoms with E-state index in [-0.39, 0.29) is 17.7 Å². The highest BCUT2D eigenvalue weighted by atomic mass is 19.4. The molecule has 0 aromatic heterocycles. The van der Waals surface area contributed by atoms with Crippen molar-refractivity contribution in [1.82, 2.24) is 0 Å². The van der Waals surface area contributed by atoms with Crippen LogP contribution in [0, 0.1) is 19.7 Å². The summed E-state index contributed by atoms with van der Waals surface area (Å²) in [6.07, 6.45) is -7.89. The van der Waals surface area contributed by atoms with Gasteiger partial charge in [0.15, 0.2) is 5.60 Å². The third-order valence-corrected chi connectivity index (χ3v) is 5.76. The van der Waals surface area contributed by atoms with Gasteiger partial charge in [-0.2, -0.15) is 13.2 Å². The average Bonchev–Trinajstić information content (AvgIpc) is 2.69. The van der Waals surface area contributed by atoms with Gasteiger partial charge >= 0.3 is 6.18 Å². The van der Waals surface area contributed by atoms with Gasteiger partial charge in [-0.1, -0.05) is 43.2 Å². The first-order chi connectivity index (χ1) is 15.3. The van der Waals surface area contributed by atoms with Crippen molar-refractivity contribution < 1.29 is 36.9 Å². The van der Waals surface area contributed by atoms with Crippen molar-refractivity contribution in [3.63, 3.8) is 0 Å². The molecule has 8 heteroatoms. The summed E-state index contributed by atoms with van der Waals surface area (Å²) in [5, 5.41) is 11.0. The van der Waals surface area contributed by atoms with Crippen LogP contribution in [0.15, 0.2) is 36.4 Å². The van der Waals surface area contributed by atoms with E-state index >= 15 is 0 Å². The average molecular weight is 473 g/mol. The zero-order valence-electron chi connectivity index (χ0n) is 19.8. The Bertz CT molecular complexity index is 922. The van der Waals surface area contributed by atoms with Crippen LogP contribution in [0.5, 0.6) is 5.75 Å². The number of benzene rings is 2. The molecule has 0 bridgehead atoms. The molecular formula is C25H32F4O4. The summed E-state index contributed by atoms with van der Waals surface area (Å²) < 4.78 is 73.4. The Morgan fingerprint density at radius 1 is 0.970 bits per heavy atom. The summed E-state index contributed by atoms with van der Waals surface area (Å²) >= 11 is 0. The molecule has 0 spiro atoms. The van der Waals surface area contributed by atoms with Crippen LogP contribution < -0.4 is 4.74 Å². The van der Waals surface area contributed by atoms with Gasteiger partial charge in [0.05, 0.1) is 13.2 Å². The van der Waals surface area contributed by atoms with Gasteiger partial charge in [-0.05, 0) is 49.4 Å². The molecule has 2 aromatic rings. The van der Waals surface area contributed by atoms with Gasteiger partial charge in [-0.15, -0.1) is 0 Å². The molecule has 0 amide bonds. The van der Waals surface area contributed by atoms with Crippen LogP contribution in [0.1, 0.15) is 42.5 Å². The van der Waals surface area contributed by atoms with E-state index in [0.717, 1.165) is 17.2 Å². The number of alkyl halides is 3. The normalized spacial score (nSPS) is 15.2. The van der Waals surface area contributed by atoms with Crippen LogP contribution in [0.3, 0.4) is 0 Å². The van der Waals surface area contributed by atoms with Crippen molar-refractivity contribution in [2.45, 2.75) is 63.8 Å². The molecular weight excluding hydrogens is 440 g/mol. The summed E-state index contributed by atoms with van der Waals surface area (Å²) in [7, 11) is 2.57. The second-order valence-electron chi connectivity index (χ2n) is 9.06. The molecule has 2 atom stereocenters. The van der Waals surface area contributed by atoms with Gasteiger partial charge < -0.3 is 19.3 Å². The molecule has 2 aromatic carbocycles. The summed E-state index contributed by atoms with van der Waals surface area (Å²) in [5.74, 6) is -0.363. The van der Waals surface area contributed by atoms with Gasteiger partial charge in [0.25, 0.3) is 0 Å². The molecule has 0 fully saturated rings. The Hall–Kier alpha value is -2.16. The van der Waals surface area contributed by atoms with E-state index in [9.17, 15) is 22.7 Å². The minimum absolute atomic E-state index is 0.234. The highest BCUT2D eigenvalue weighted by molar-refractivity contribution is 5.40. The van der Waals surface area contributed by atoms with E-state index in [1.54, 1.807) is 12.1 Å². The fourth-order valence-corrected chi connectivity index (χ4v) is 4.34. The molecule has 0 aliphatic rings. The monoisotopic (exact) mass is 472 g/mol. The molecule has 0 heterocycles. The van der Waals surface area contributed by atoms with Crippen molar-refractivity contribution in [2.24, 2.45) is 0 Å². The maximum atomic E-state index is 14.7. The highest BCUT2D eigenvalue weighted by Crippen LogP contribution is 2.48. The number of aryl methyl sites for hydroxylation is 2. The van der Waals surface area contributed by atoms with Crippen LogP contribution in [0.25, 0.3) is 0 Å². The predicted octanol–water partition coefficient (Wildman–Crippen LogP) is 5.64. The molecule has 0 saturated carbocycles. The van der Waals surface area contributed by atoms with Gasteiger partial charge in [-0.25, -0.2) is 4.39 Å². The summed E-state index contributed by atoms with van der Waals surface area (Å²) in [5.41, 5.74) is -1.74. The number of halogens is 4. The number of aliphatic hydroxyl groups excluding tert-OH is 1. The van der Waals surface area contributed by atoms with E-state index in [1.807, 2.05) is 19.9 Å². The number of rotatable bonds is 10. The molecule has 184 valence electrons. The Labute approximate surface area is 192 Å². The smallest absolute Gasteiger partial charge is 0.420 e. The highest BCUT2D eigenvalue weighted by Gasteiger charge is 2.62. The summed E-state index contributed by atoms with van der Waals surface area (Å²) in [4.78, 5) is 0. The third kappa shape index (κ3) is 6.25. The van der Waals surface area contributed by atoms with Crippen LogP contribution in [0.2, 0.25) is 0 Å². The predicted molar refractivity (Wildman–Crippen MR) is 118 cm³/mol. The Morgan fingerprint density at radius 3 is 2.09 bits per heavy atom. The number of hydrogen-bond acceptors (Lipinski definition) is 4. The van der Waals surface area contributed by atoms with Gasteiger partial charge in [0, 0.05) is 19.1 Å². The summed E-state index contributed by atoms with van der Waals surface area (Å²) in [6, 6.07) is 9.04. The van der Waals surface area contributed by atoms with Gasteiger partial charge in [0.2, 0.25) is 0 Å². The van der Waals surface area contributed by atoms with E-state index in [1.165, 1.54) is 40.2 Å². The zero-order valence-corrected chi connectivity index (χ0v) is 19.8. The molecule has 2 unspecified atom stereocenters. The van der Waals surface area contributed by atoms with Crippen LogP contribution in [-0.2, 0) is 21.3 Å². The lowest BCUT2D eigenvalue weighted by Gasteiger charge is -2.44. The fraction of sp³-hybridized carbons (Fsp3) is 0.520. The van der Waals surface area contributed by atoms with Crippen molar-refractivity contribution >= 4 is 0 Å². The second-order valence-corrected chi connectivity index (χ2v) is 9.06. The van der Waals surface area contributed by atoms with Crippen LogP contribution >= 0.6 is 0 Å². The molecule has 0 saturated heterocycles. The minimum Gasteiger partial charge on any atom is -0.496 e. The lowest BCUT2D eigenvalue weighted by molar-refractivity contribution is -0.329. The first-order valence-corrected chi connectivity index (χ1v) is 10.5. The fourth-order valence-electron chi connectivity index (χ4n) is 4.34. The lowest BCUT2D eigenvalue weighted by atomic mass is 9.71. The van der Waals surface area contributed by atoms with E-state index < -0.39 is 42.3 Å². The van der Waals surface area contributed by atoms with Crippen molar-refractivity contribution in [3.05, 3.63) is 64.5 Å². The molecule has 2 rings (SSSR count). The Kier molecular flexibility index (Phi) is 8.54. The molecule has 0 aliphatic carbocycles. The SMILES string of the molecule is COCOC(CC(C)(C)c1cc(F)ccc1OC)(C(O)Cc1cc(C)cc(C)c1)C(F)(F)F. The quantitative estimate of drug-likeness (QED) is 0.359. The van der Waals surface area contributed by atoms with Gasteiger partial charge in [-0.3, -0.25) is 0 Å². The van der Waals surface area contributed by atoms with Crippen molar-refractivity contribution in [3.8, 4) is 5.75 Å². The minimum atomic E-state index is -4.96. The van der Waals surface area contributed by atoms with Gasteiger partial charge in [0.1, 0.15) is 18.4 Å². The standard InChI is InChI=1S/C25H32F4O4/c1-16-9-17(2)11-18(10-16)12-22(30)24(25(27,28)29,33-15-31-5)14-23(3,4)20-13-19(26)7-8-21(20)32-6/h7-11,13,22,30H,12,14-15H2,1-6H3. The largest absolute Gasteiger partial charge is 0.496 e. The first-order valence-electron chi connectivity index (χ1n) is 10.5. The third-order valence-electron chi connectivity index (χ3n) is 5.76. The van der Waals surface area contributed by atoms with Crippen LogP contribution in [0.4, 0.5) is 17.6 Å². The van der Waals surface area contributed by atoms with E-state index in [4.69, 9.17) is 14.2 Å². The van der Waals surface area contributed by atoms with Crippen molar-refractivity contribution in [2.75, 3.05) is 21.0 Å². The topological polar surface area (TPSA) is 47.9 Å². The Balaban J connectivity index is 2.57. The number of methoxy groups -OCH3 is 2. The molecule has 33 heavy (non-hydrogen) atoms. The number of hydrogen-bond donors (Lipinski definition) is 1. The maximum Gasteiger partial charge on any atom is 0.420 e. The van der Waals surface area contributed by atoms with Crippen molar-refractivity contribution in [1.29, 1.82) is 0 Å². The lowest BCUT2D eigenvalue weighted by Crippen LogP contribution is -2.60. The van der Waals surface area contributed by atoms with E-state index in [2.05, 4.69) is 0 Å². The number of aliphatic hydroxyl groups is 1. The maximum absolute atomic E-state index is 14.7. The number of ether oxygens (including phenoxy) is 3. The second kappa shape index (κ2) is 10.4. The molecule has 0 aliphatic heterocycles.